The number of anilines is 2. The molecule has 1 aliphatic rings. The molecule has 24 heavy (non-hydrogen) atoms. The van der Waals surface area contributed by atoms with Crippen molar-refractivity contribution >= 4 is 35.6 Å². The molecule has 4 N–H and O–H groups in total. The van der Waals surface area contributed by atoms with Crippen LogP contribution in [0.15, 0.2) is 24.3 Å². The van der Waals surface area contributed by atoms with Crippen molar-refractivity contribution in [2.45, 2.75) is 38.6 Å². The summed E-state index contributed by atoms with van der Waals surface area (Å²) in [5, 5.41) is 5.60. The highest BCUT2D eigenvalue weighted by atomic mass is 35.5. The first-order valence-electron chi connectivity index (χ1n) is 8.23. The maximum atomic E-state index is 12.1. The lowest BCUT2D eigenvalue weighted by atomic mass is 10.2. The van der Waals surface area contributed by atoms with Gasteiger partial charge in [-0.3, -0.25) is 14.5 Å². The number of hydrogen-bond donors (Lipinski definition) is 3. The Hall–Kier alpha value is -1.63. The molecule has 7 heteroatoms. The van der Waals surface area contributed by atoms with E-state index >= 15 is 0 Å². The lowest BCUT2D eigenvalue weighted by Crippen LogP contribution is -2.34. The van der Waals surface area contributed by atoms with E-state index in [4.69, 9.17) is 5.73 Å². The van der Waals surface area contributed by atoms with Gasteiger partial charge in [0.15, 0.2) is 0 Å². The van der Waals surface area contributed by atoms with Gasteiger partial charge in [0.1, 0.15) is 0 Å². The number of hydrogen-bond acceptors (Lipinski definition) is 4. The summed E-state index contributed by atoms with van der Waals surface area (Å²) in [6, 6.07) is 6.50. The second-order valence-electron chi connectivity index (χ2n) is 6.09. The number of carbonyl (C=O) groups is 2. The molecule has 1 aliphatic heterocycles. The van der Waals surface area contributed by atoms with Gasteiger partial charge >= 0.3 is 0 Å². The van der Waals surface area contributed by atoms with Crippen molar-refractivity contribution in [3.05, 3.63) is 24.3 Å². The van der Waals surface area contributed by atoms with E-state index in [0.29, 0.717) is 12.2 Å². The topological polar surface area (TPSA) is 87.5 Å². The summed E-state index contributed by atoms with van der Waals surface area (Å²) < 4.78 is 0. The van der Waals surface area contributed by atoms with Crippen LogP contribution in [0.25, 0.3) is 0 Å². The van der Waals surface area contributed by atoms with Crippen LogP contribution in [0.2, 0.25) is 0 Å². The van der Waals surface area contributed by atoms with Gasteiger partial charge in [-0.05, 0) is 57.1 Å². The highest BCUT2D eigenvalue weighted by Crippen LogP contribution is 2.14. The van der Waals surface area contributed by atoms with Crippen molar-refractivity contribution < 1.29 is 9.59 Å². The second kappa shape index (κ2) is 10.3. The third-order valence-corrected chi connectivity index (χ3v) is 3.92. The number of nitrogens with two attached hydrogens (primary N) is 1. The first-order chi connectivity index (χ1) is 11.0. The maximum absolute atomic E-state index is 12.1. The molecular formula is C17H27ClN4O2. The van der Waals surface area contributed by atoms with Crippen molar-refractivity contribution in [2.75, 3.05) is 30.3 Å². The number of benzene rings is 1. The molecule has 134 valence electrons. The Morgan fingerprint density at radius 1 is 1.04 bits per heavy atom. The number of rotatable bonds is 5. The van der Waals surface area contributed by atoms with Crippen LogP contribution in [-0.4, -0.2) is 42.4 Å². The van der Waals surface area contributed by atoms with Crippen LogP contribution in [0, 0.1) is 0 Å². The number of nitrogens with one attached hydrogen (secondary N) is 2. The minimum absolute atomic E-state index is 0. The Bertz CT molecular complexity index is 526. The van der Waals surface area contributed by atoms with Gasteiger partial charge in [0.25, 0.3) is 0 Å². The third kappa shape index (κ3) is 6.86. The molecule has 0 spiro atoms. The fourth-order valence-corrected chi connectivity index (χ4v) is 2.59. The molecule has 1 saturated heterocycles. The third-order valence-electron chi connectivity index (χ3n) is 3.92. The predicted octanol–water partition coefficient (Wildman–Crippen LogP) is 2.21. The molecule has 0 bridgehead atoms. The smallest absolute Gasteiger partial charge is 0.240 e. The zero-order valence-corrected chi connectivity index (χ0v) is 14.9. The van der Waals surface area contributed by atoms with Crippen LogP contribution in [0.3, 0.4) is 0 Å². The van der Waals surface area contributed by atoms with Crippen molar-refractivity contribution in [1.82, 2.24) is 4.90 Å². The van der Waals surface area contributed by atoms with Gasteiger partial charge in [-0.1, -0.05) is 12.8 Å². The van der Waals surface area contributed by atoms with Gasteiger partial charge < -0.3 is 16.4 Å². The van der Waals surface area contributed by atoms with Crippen LogP contribution >= 0.6 is 12.4 Å². The molecule has 2 rings (SSSR count). The number of amides is 2. The van der Waals surface area contributed by atoms with E-state index in [1.165, 1.54) is 25.7 Å². The fourth-order valence-electron chi connectivity index (χ4n) is 2.59. The highest BCUT2D eigenvalue weighted by Gasteiger charge is 2.13. The SMILES string of the molecule is CC(N)C(=O)Nc1ccc(NC(=O)CN2CCCCCC2)cc1.Cl. The monoisotopic (exact) mass is 354 g/mol. The zero-order chi connectivity index (χ0) is 16.7. The summed E-state index contributed by atoms with van der Waals surface area (Å²) in [6.07, 6.45) is 4.85. The van der Waals surface area contributed by atoms with Crippen molar-refractivity contribution in [3.8, 4) is 0 Å². The Labute approximate surface area is 149 Å². The minimum Gasteiger partial charge on any atom is -0.325 e. The van der Waals surface area contributed by atoms with Crippen molar-refractivity contribution in [2.24, 2.45) is 5.73 Å². The minimum atomic E-state index is -0.553. The molecule has 0 aromatic heterocycles. The molecule has 2 amide bonds. The van der Waals surface area contributed by atoms with E-state index in [-0.39, 0.29) is 24.2 Å². The first-order valence-corrected chi connectivity index (χ1v) is 8.23. The van der Waals surface area contributed by atoms with Gasteiger partial charge in [0.2, 0.25) is 11.8 Å². The molecule has 1 unspecified atom stereocenters. The number of halogens is 1. The molecule has 0 aliphatic carbocycles. The Morgan fingerprint density at radius 3 is 2.04 bits per heavy atom. The molecule has 1 heterocycles. The average Bonchev–Trinajstić information content (AvgIpc) is 2.77. The fraction of sp³-hybridized carbons (Fsp3) is 0.529. The van der Waals surface area contributed by atoms with Crippen LogP contribution in [0.5, 0.6) is 0 Å². The lowest BCUT2D eigenvalue weighted by molar-refractivity contribution is -0.118. The summed E-state index contributed by atoms with van der Waals surface area (Å²) in [6.45, 7) is 4.06. The van der Waals surface area contributed by atoms with Gasteiger partial charge in [0.05, 0.1) is 12.6 Å². The first kappa shape index (κ1) is 20.4. The molecule has 0 saturated carbocycles. The highest BCUT2D eigenvalue weighted by molar-refractivity contribution is 5.95. The summed E-state index contributed by atoms with van der Waals surface area (Å²) in [5.74, 6) is -0.234. The number of carbonyl (C=O) groups excluding carboxylic acids is 2. The number of likely N-dealkylation sites (tertiary alicyclic amines) is 1. The largest absolute Gasteiger partial charge is 0.325 e. The van der Waals surface area contributed by atoms with Crippen LogP contribution < -0.4 is 16.4 Å². The van der Waals surface area contributed by atoms with Crippen LogP contribution in [0.4, 0.5) is 11.4 Å². The van der Waals surface area contributed by atoms with Crippen molar-refractivity contribution in [1.29, 1.82) is 0 Å². The van der Waals surface area contributed by atoms with E-state index in [1.54, 1.807) is 31.2 Å². The molecule has 1 fully saturated rings. The van der Waals surface area contributed by atoms with E-state index in [2.05, 4.69) is 15.5 Å². The van der Waals surface area contributed by atoms with E-state index in [9.17, 15) is 9.59 Å². The summed E-state index contributed by atoms with van der Waals surface area (Å²) in [5.41, 5.74) is 6.90. The Balaban J connectivity index is 0.00000288. The number of nitrogens with zero attached hydrogens (tertiary/aromatic N) is 1. The molecule has 1 aromatic rings. The predicted molar refractivity (Wildman–Crippen MR) is 99.5 cm³/mol. The van der Waals surface area contributed by atoms with Crippen molar-refractivity contribution in [3.63, 3.8) is 0 Å². The molecular weight excluding hydrogens is 328 g/mol. The van der Waals surface area contributed by atoms with E-state index in [0.717, 1.165) is 18.8 Å². The average molecular weight is 355 g/mol. The van der Waals surface area contributed by atoms with Gasteiger partial charge in [-0.25, -0.2) is 0 Å². The van der Waals surface area contributed by atoms with Crippen LogP contribution in [-0.2, 0) is 9.59 Å². The second-order valence-corrected chi connectivity index (χ2v) is 6.09. The quantitative estimate of drug-likeness (QED) is 0.756. The molecule has 1 aromatic carbocycles. The summed E-state index contributed by atoms with van der Waals surface area (Å²) in [7, 11) is 0. The van der Waals surface area contributed by atoms with Gasteiger partial charge in [-0.15, -0.1) is 12.4 Å². The normalized spacial score (nSPS) is 16.4. The lowest BCUT2D eigenvalue weighted by Gasteiger charge is -2.19. The van der Waals surface area contributed by atoms with E-state index < -0.39 is 6.04 Å². The molecule has 6 nitrogen and oxygen atoms in total. The maximum Gasteiger partial charge on any atom is 0.240 e. The van der Waals surface area contributed by atoms with Gasteiger partial charge in [0, 0.05) is 11.4 Å². The standard InChI is InChI=1S/C17H26N4O2.ClH/c1-13(18)17(23)20-15-8-6-14(7-9-15)19-16(22)12-21-10-4-2-3-5-11-21;/h6-9,13H,2-5,10-12,18H2,1H3,(H,19,22)(H,20,23);1H. The Kier molecular flexibility index (Phi) is 8.74. The van der Waals surface area contributed by atoms with Gasteiger partial charge in [-0.2, -0.15) is 0 Å². The zero-order valence-electron chi connectivity index (χ0n) is 14.1. The Morgan fingerprint density at radius 2 is 1.54 bits per heavy atom. The summed E-state index contributed by atoms with van der Waals surface area (Å²) in [4.78, 5) is 25.8. The summed E-state index contributed by atoms with van der Waals surface area (Å²) >= 11 is 0. The van der Waals surface area contributed by atoms with E-state index in [1.807, 2.05) is 0 Å². The molecule has 0 radical (unpaired) electrons. The van der Waals surface area contributed by atoms with Crippen LogP contribution in [0.1, 0.15) is 32.6 Å². The molecule has 1 atom stereocenters.